The maximum atomic E-state index is 12.3. The van der Waals surface area contributed by atoms with Crippen molar-refractivity contribution in [3.8, 4) is 0 Å². The number of ketones is 1. The highest BCUT2D eigenvalue weighted by Gasteiger charge is 2.27. The molecule has 0 aliphatic carbocycles. The van der Waals surface area contributed by atoms with Crippen LogP contribution in [0.3, 0.4) is 0 Å². The van der Waals surface area contributed by atoms with Crippen molar-refractivity contribution in [2.45, 2.75) is 104 Å². The highest BCUT2D eigenvalue weighted by molar-refractivity contribution is 6.45. The largest absolute Gasteiger partial charge is 0.437 e. The highest BCUT2D eigenvalue weighted by atomic mass is 16.2. The summed E-state index contributed by atoms with van der Waals surface area (Å²) in [5.74, 6) is 0.722. The van der Waals surface area contributed by atoms with E-state index in [1.165, 1.54) is 64.2 Å². The summed E-state index contributed by atoms with van der Waals surface area (Å²) in [6, 6.07) is 0. The van der Waals surface area contributed by atoms with Gasteiger partial charge in [-0.05, 0) is 39.2 Å². The smallest absolute Gasteiger partial charge is 0.376 e. The molecule has 1 saturated heterocycles. The Labute approximate surface area is 150 Å². The number of piperidine rings is 1. The number of unbranched alkanes of at least 4 members (excludes halogenated alkanes) is 10. The Morgan fingerprint density at radius 3 is 1.83 bits per heavy atom. The van der Waals surface area contributed by atoms with Crippen LogP contribution in [0.25, 0.3) is 0 Å². The maximum absolute atomic E-state index is 12.3. The van der Waals surface area contributed by atoms with E-state index in [1.54, 1.807) is 0 Å². The van der Waals surface area contributed by atoms with Gasteiger partial charge in [0.25, 0.3) is 0 Å². The minimum atomic E-state index is -0.368. The van der Waals surface area contributed by atoms with Gasteiger partial charge in [0, 0.05) is 12.3 Å². The Balaban J connectivity index is 1.90. The molecule has 1 aliphatic rings. The van der Waals surface area contributed by atoms with Crippen molar-refractivity contribution in [2.75, 3.05) is 13.1 Å². The second-order valence-electron chi connectivity index (χ2n) is 7.69. The maximum Gasteiger partial charge on any atom is 0.376 e. The van der Waals surface area contributed by atoms with E-state index in [2.05, 4.69) is 11.7 Å². The number of nitrogens with zero attached hydrogens (tertiary/aromatic N) is 1. The van der Waals surface area contributed by atoms with Crippen LogP contribution in [-0.4, -0.2) is 35.8 Å². The van der Waals surface area contributed by atoms with Gasteiger partial charge in [-0.2, -0.15) is 0 Å². The molecule has 140 valence electrons. The number of rotatable bonds is 14. The molecule has 0 saturated carbocycles. The van der Waals surface area contributed by atoms with Gasteiger partial charge in [0.1, 0.15) is 5.78 Å². The number of Topliss-reactive ketones (excluding diaryl/α,β-unsaturated/α-hetero) is 1. The molecule has 0 atom stereocenters. The molecule has 0 aromatic rings. The summed E-state index contributed by atoms with van der Waals surface area (Å²) >= 11 is 0. The third kappa shape index (κ3) is 9.83. The van der Waals surface area contributed by atoms with Crippen molar-refractivity contribution in [1.29, 1.82) is 0 Å². The van der Waals surface area contributed by atoms with Crippen LogP contribution in [0.15, 0.2) is 0 Å². The zero-order valence-electron chi connectivity index (χ0n) is 16.3. The van der Waals surface area contributed by atoms with Crippen molar-refractivity contribution >= 4 is 12.8 Å². The molecule has 1 heterocycles. The Morgan fingerprint density at radius 1 is 0.917 bits per heavy atom. The van der Waals surface area contributed by atoms with Crippen LogP contribution in [0, 0.1) is 5.92 Å². The summed E-state index contributed by atoms with van der Waals surface area (Å²) in [7, 11) is -0.368. The van der Waals surface area contributed by atoms with Gasteiger partial charge < -0.3 is 9.83 Å². The summed E-state index contributed by atoms with van der Waals surface area (Å²) in [5, 5.41) is 9.56. The summed E-state index contributed by atoms with van der Waals surface area (Å²) in [6.45, 7) is 5.81. The summed E-state index contributed by atoms with van der Waals surface area (Å²) in [5.41, 5.74) is 0. The number of carbonyl (C=O) groups is 1. The zero-order chi connectivity index (χ0) is 17.6. The first kappa shape index (κ1) is 21.7. The van der Waals surface area contributed by atoms with Crippen LogP contribution in [0.2, 0.25) is 6.82 Å². The third-order valence-electron chi connectivity index (χ3n) is 5.54. The predicted molar refractivity (Wildman–Crippen MR) is 104 cm³/mol. The van der Waals surface area contributed by atoms with Gasteiger partial charge in [0.15, 0.2) is 0 Å². The van der Waals surface area contributed by atoms with Crippen molar-refractivity contribution in [3.63, 3.8) is 0 Å². The van der Waals surface area contributed by atoms with E-state index in [0.29, 0.717) is 5.78 Å². The lowest BCUT2D eigenvalue weighted by atomic mass is 9.79. The minimum absolute atomic E-state index is 0.253. The summed E-state index contributed by atoms with van der Waals surface area (Å²) in [4.78, 5) is 14.3. The molecule has 4 heteroatoms. The van der Waals surface area contributed by atoms with Gasteiger partial charge in [-0.25, -0.2) is 0 Å². The molecule has 0 amide bonds. The van der Waals surface area contributed by atoms with E-state index >= 15 is 0 Å². The van der Waals surface area contributed by atoms with Gasteiger partial charge in [0.2, 0.25) is 0 Å². The molecular formula is C20H40BNO2. The normalized spacial score (nSPS) is 16.5. The molecule has 0 unspecified atom stereocenters. The van der Waals surface area contributed by atoms with E-state index in [1.807, 2.05) is 6.82 Å². The molecule has 1 fully saturated rings. The molecule has 1 aliphatic heterocycles. The minimum Gasteiger partial charge on any atom is -0.437 e. The number of hydrogen-bond acceptors (Lipinski definition) is 3. The Bertz CT molecular complexity index is 315. The Kier molecular flexibility index (Phi) is 12.6. The van der Waals surface area contributed by atoms with Crippen molar-refractivity contribution in [2.24, 2.45) is 5.92 Å². The molecule has 24 heavy (non-hydrogen) atoms. The van der Waals surface area contributed by atoms with Crippen LogP contribution >= 0.6 is 0 Å². The molecule has 0 radical (unpaired) electrons. The monoisotopic (exact) mass is 337 g/mol. The average molecular weight is 337 g/mol. The zero-order valence-corrected chi connectivity index (χ0v) is 16.3. The topological polar surface area (TPSA) is 40.5 Å². The number of hydrogen-bond donors (Lipinski definition) is 1. The molecular weight excluding hydrogens is 297 g/mol. The van der Waals surface area contributed by atoms with Crippen molar-refractivity contribution in [1.82, 2.24) is 4.81 Å². The average Bonchev–Trinajstić information content (AvgIpc) is 2.59. The summed E-state index contributed by atoms with van der Waals surface area (Å²) in [6.07, 6.45) is 17.3. The molecule has 1 N–H and O–H groups in total. The van der Waals surface area contributed by atoms with Crippen molar-refractivity contribution < 1.29 is 9.82 Å². The fourth-order valence-corrected chi connectivity index (χ4v) is 3.76. The SMILES string of the molecule is CCCCCCCCCCCCCC(=O)C1CCN(B(C)O)CC1. The molecule has 0 spiro atoms. The first-order valence-corrected chi connectivity index (χ1v) is 10.6. The van der Waals surface area contributed by atoms with Gasteiger partial charge in [-0.15, -0.1) is 0 Å². The lowest BCUT2D eigenvalue weighted by Crippen LogP contribution is -2.44. The Morgan fingerprint density at radius 2 is 1.38 bits per heavy atom. The van der Waals surface area contributed by atoms with E-state index in [-0.39, 0.29) is 13.0 Å². The van der Waals surface area contributed by atoms with E-state index in [4.69, 9.17) is 0 Å². The molecule has 0 aromatic heterocycles. The highest BCUT2D eigenvalue weighted by Crippen LogP contribution is 2.21. The standard InChI is InChI=1S/C20H40BNO2/c1-3-4-5-6-7-8-9-10-11-12-13-14-20(23)19-15-17-22(18-16-19)21(2)24/h19,24H,3-18H2,1-2H3. The first-order chi connectivity index (χ1) is 11.6. The van der Waals surface area contributed by atoms with Gasteiger partial charge in [0.05, 0.1) is 0 Å². The van der Waals surface area contributed by atoms with Gasteiger partial charge >= 0.3 is 7.05 Å². The molecule has 3 nitrogen and oxygen atoms in total. The lowest BCUT2D eigenvalue weighted by molar-refractivity contribution is -0.124. The fourth-order valence-electron chi connectivity index (χ4n) is 3.76. The van der Waals surface area contributed by atoms with Crippen LogP contribution in [0.1, 0.15) is 96.8 Å². The van der Waals surface area contributed by atoms with Crippen LogP contribution in [0.5, 0.6) is 0 Å². The lowest BCUT2D eigenvalue weighted by Gasteiger charge is -2.31. The summed E-state index contributed by atoms with van der Waals surface area (Å²) < 4.78 is 0. The van der Waals surface area contributed by atoms with E-state index in [9.17, 15) is 9.82 Å². The van der Waals surface area contributed by atoms with Gasteiger partial charge in [-0.1, -0.05) is 71.1 Å². The Hall–Kier alpha value is -0.345. The van der Waals surface area contributed by atoms with E-state index in [0.717, 1.165) is 38.8 Å². The van der Waals surface area contributed by atoms with E-state index < -0.39 is 0 Å². The fraction of sp³-hybridized carbons (Fsp3) is 0.950. The number of carbonyl (C=O) groups excluding carboxylic acids is 1. The molecule has 0 bridgehead atoms. The molecule has 1 rings (SSSR count). The van der Waals surface area contributed by atoms with Crippen LogP contribution in [0.4, 0.5) is 0 Å². The van der Waals surface area contributed by atoms with Crippen LogP contribution < -0.4 is 0 Å². The predicted octanol–water partition coefficient (Wildman–Crippen LogP) is 5.08. The van der Waals surface area contributed by atoms with Crippen LogP contribution in [-0.2, 0) is 4.79 Å². The first-order valence-electron chi connectivity index (χ1n) is 10.6. The second-order valence-corrected chi connectivity index (χ2v) is 7.69. The second kappa shape index (κ2) is 13.9. The van der Waals surface area contributed by atoms with Crippen molar-refractivity contribution in [3.05, 3.63) is 0 Å². The van der Waals surface area contributed by atoms with Gasteiger partial charge in [-0.3, -0.25) is 4.79 Å². The third-order valence-corrected chi connectivity index (χ3v) is 5.54. The molecule has 0 aromatic carbocycles. The quantitative estimate of drug-likeness (QED) is 0.355.